The highest BCUT2D eigenvalue weighted by Gasteiger charge is 2.40. The smallest absolute Gasteiger partial charge is 0.255 e. The van der Waals surface area contributed by atoms with Crippen LogP contribution in [0, 0.1) is 0 Å². The highest BCUT2D eigenvalue weighted by molar-refractivity contribution is 6.05. The van der Waals surface area contributed by atoms with Gasteiger partial charge < -0.3 is 9.64 Å². The Labute approximate surface area is 196 Å². The molecule has 1 unspecified atom stereocenters. The van der Waals surface area contributed by atoms with E-state index >= 15 is 0 Å². The lowest BCUT2D eigenvalue weighted by Crippen LogP contribution is -2.52. The normalized spacial score (nSPS) is 18.6. The predicted molar refractivity (Wildman–Crippen MR) is 122 cm³/mol. The standard InChI is InChI=1S/C25H25N5O4/c1-16(12-17-6-3-2-4-7-17)30-13-18(27-28-30)15-34-22-9-5-8-19-20(22)14-29(25(19)33)21-10-11-23(31)26-24(21)32/h2-9,13,16,21H,10-12,14-15H2,1H3,(H,26,31,32)/t16-,21?/m0/s1. The molecule has 1 N–H and O–H groups in total. The van der Waals surface area contributed by atoms with Crippen LogP contribution in [-0.2, 0) is 29.2 Å². The topological polar surface area (TPSA) is 106 Å². The van der Waals surface area contributed by atoms with Gasteiger partial charge in [-0.15, -0.1) is 5.10 Å². The molecule has 174 valence electrons. The maximum atomic E-state index is 13.0. The lowest BCUT2D eigenvalue weighted by molar-refractivity contribution is -0.136. The van der Waals surface area contributed by atoms with Crippen LogP contribution in [0.5, 0.6) is 5.75 Å². The largest absolute Gasteiger partial charge is 0.487 e. The third-order valence-corrected chi connectivity index (χ3v) is 6.30. The van der Waals surface area contributed by atoms with Gasteiger partial charge in [0.2, 0.25) is 11.8 Å². The Morgan fingerprint density at radius 3 is 2.74 bits per heavy atom. The van der Waals surface area contributed by atoms with Crippen molar-refractivity contribution in [1.29, 1.82) is 0 Å². The molecular weight excluding hydrogens is 434 g/mol. The van der Waals surface area contributed by atoms with E-state index < -0.39 is 11.9 Å². The van der Waals surface area contributed by atoms with E-state index in [1.165, 1.54) is 10.5 Å². The summed E-state index contributed by atoms with van der Waals surface area (Å²) >= 11 is 0. The molecule has 1 saturated heterocycles. The predicted octanol–water partition coefficient (Wildman–Crippen LogP) is 2.42. The summed E-state index contributed by atoms with van der Waals surface area (Å²) in [5.41, 5.74) is 3.17. The number of nitrogens with one attached hydrogen (secondary N) is 1. The molecule has 1 fully saturated rings. The van der Waals surface area contributed by atoms with Gasteiger partial charge in [-0.25, -0.2) is 4.68 Å². The molecule has 5 rings (SSSR count). The third kappa shape index (κ3) is 4.28. The molecular formula is C25H25N5O4. The third-order valence-electron chi connectivity index (χ3n) is 6.30. The Morgan fingerprint density at radius 1 is 1.12 bits per heavy atom. The molecule has 9 heteroatoms. The molecule has 0 radical (unpaired) electrons. The number of piperidine rings is 1. The molecule has 3 heterocycles. The van der Waals surface area contributed by atoms with Crippen LogP contribution < -0.4 is 10.1 Å². The average molecular weight is 460 g/mol. The monoisotopic (exact) mass is 459 g/mol. The van der Waals surface area contributed by atoms with Crippen molar-refractivity contribution >= 4 is 17.7 Å². The number of hydrogen-bond acceptors (Lipinski definition) is 6. The van der Waals surface area contributed by atoms with E-state index in [9.17, 15) is 14.4 Å². The highest BCUT2D eigenvalue weighted by Crippen LogP contribution is 2.33. The number of carbonyl (C=O) groups excluding carboxylic acids is 3. The van der Waals surface area contributed by atoms with Crippen LogP contribution in [0.2, 0.25) is 0 Å². The van der Waals surface area contributed by atoms with Crippen molar-refractivity contribution in [2.24, 2.45) is 0 Å². The van der Waals surface area contributed by atoms with Crippen LogP contribution >= 0.6 is 0 Å². The molecule has 0 saturated carbocycles. The molecule has 0 aliphatic carbocycles. The zero-order valence-corrected chi connectivity index (χ0v) is 18.8. The van der Waals surface area contributed by atoms with Gasteiger partial charge in [-0.1, -0.05) is 41.6 Å². The van der Waals surface area contributed by atoms with Gasteiger partial charge in [0.05, 0.1) is 18.8 Å². The van der Waals surface area contributed by atoms with Crippen LogP contribution in [0.4, 0.5) is 0 Å². The first-order valence-corrected chi connectivity index (χ1v) is 11.3. The summed E-state index contributed by atoms with van der Waals surface area (Å²) in [5.74, 6) is -0.384. The maximum Gasteiger partial charge on any atom is 0.255 e. The Kier molecular flexibility index (Phi) is 5.83. The van der Waals surface area contributed by atoms with Crippen molar-refractivity contribution in [2.75, 3.05) is 0 Å². The van der Waals surface area contributed by atoms with E-state index in [1.54, 1.807) is 12.1 Å². The van der Waals surface area contributed by atoms with Crippen molar-refractivity contribution in [1.82, 2.24) is 25.2 Å². The van der Waals surface area contributed by atoms with Crippen molar-refractivity contribution in [3.05, 3.63) is 77.1 Å². The van der Waals surface area contributed by atoms with Gasteiger partial charge >= 0.3 is 0 Å². The number of imide groups is 1. The minimum absolute atomic E-state index is 0.143. The summed E-state index contributed by atoms with van der Waals surface area (Å²) in [5, 5.41) is 10.8. The van der Waals surface area contributed by atoms with E-state index in [-0.39, 0.29) is 37.4 Å². The number of carbonyl (C=O) groups is 3. The highest BCUT2D eigenvalue weighted by atomic mass is 16.5. The Morgan fingerprint density at radius 2 is 1.94 bits per heavy atom. The SMILES string of the molecule is C[C@@H](Cc1ccccc1)n1cc(COc2cccc3c2CN(C2CCC(=O)NC2=O)C3=O)nn1. The van der Waals surface area contributed by atoms with Crippen LogP contribution in [0.25, 0.3) is 0 Å². The molecule has 2 aliphatic heterocycles. The summed E-state index contributed by atoms with van der Waals surface area (Å²) < 4.78 is 7.85. The Balaban J connectivity index is 1.25. The Bertz CT molecular complexity index is 1240. The molecule has 3 amide bonds. The fourth-order valence-electron chi connectivity index (χ4n) is 4.49. The summed E-state index contributed by atoms with van der Waals surface area (Å²) in [4.78, 5) is 38.2. The fraction of sp³-hybridized carbons (Fsp3) is 0.320. The molecule has 0 bridgehead atoms. The molecule has 0 spiro atoms. The van der Waals surface area contributed by atoms with Crippen LogP contribution in [-0.4, -0.2) is 43.7 Å². The van der Waals surface area contributed by atoms with Crippen molar-refractivity contribution in [2.45, 2.75) is 51.4 Å². The summed E-state index contributed by atoms with van der Waals surface area (Å²) in [7, 11) is 0. The van der Waals surface area contributed by atoms with Gasteiger partial charge in [-0.3, -0.25) is 19.7 Å². The van der Waals surface area contributed by atoms with E-state index in [4.69, 9.17) is 4.74 Å². The number of rotatable bonds is 7. The summed E-state index contributed by atoms with van der Waals surface area (Å²) in [6.45, 7) is 2.56. The minimum atomic E-state index is -0.656. The first-order valence-electron chi connectivity index (χ1n) is 11.3. The van der Waals surface area contributed by atoms with E-state index in [1.807, 2.05) is 35.1 Å². The second kappa shape index (κ2) is 9.09. The molecule has 3 aromatic rings. The van der Waals surface area contributed by atoms with Crippen LogP contribution in [0.3, 0.4) is 0 Å². The van der Waals surface area contributed by atoms with Gasteiger partial charge in [0.1, 0.15) is 24.1 Å². The number of fused-ring (bicyclic) bond motifs is 1. The fourth-order valence-corrected chi connectivity index (χ4v) is 4.49. The zero-order valence-electron chi connectivity index (χ0n) is 18.8. The number of nitrogens with zero attached hydrogens (tertiary/aromatic N) is 4. The molecule has 2 atom stereocenters. The van der Waals surface area contributed by atoms with Crippen molar-refractivity contribution in [3.8, 4) is 5.75 Å². The number of aromatic nitrogens is 3. The number of hydrogen-bond donors (Lipinski definition) is 1. The molecule has 2 aliphatic rings. The maximum absolute atomic E-state index is 13.0. The second-order valence-electron chi connectivity index (χ2n) is 8.70. The second-order valence-corrected chi connectivity index (χ2v) is 8.70. The van der Waals surface area contributed by atoms with Crippen molar-refractivity contribution in [3.63, 3.8) is 0 Å². The van der Waals surface area contributed by atoms with Gasteiger partial charge in [0.15, 0.2) is 0 Å². The molecule has 2 aromatic carbocycles. The summed E-state index contributed by atoms with van der Waals surface area (Å²) in [6, 6.07) is 15.0. The Hall–Kier alpha value is -4.01. The van der Waals surface area contributed by atoms with E-state index in [0.717, 1.165) is 12.0 Å². The van der Waals surface area contributed by atoms with Crippen LogP contribution in [0.1, 0.15) is 53.0 Å². The minimum Gasteiger partial charge on any atom is -0.487 e. The van der Waals surface area contributed by atoms with E-state index in [2.05, 4.69) is 34.7 Å². The van der Waals surface area contributed by atoms with Gasteiger partial charge in [-0.2, -0.15) is 0 Å². The number of ether oxygens (including phenoxy) is 1. The number of amides is 3. The molecule has 34 heavy (non-hydrogen) atoms. The zero-order chi connectivity index (χ0) is 23.7. The molecule has 9 nitrogen and oxygen atoms in total. The van der Waals surface area contributed by atoms with Gasteiger partial charge in [-0.05, 0) is 37.5 Å². The average Bonchev–Trinajstić information content (AvgIpc) is 3.44. The lowest BCUT2D eigenvalue weighted by atomic mass is 10.0. The van der Waals surface area contributed by atoms with E-state index in [0.29, 0.717) is 23.4 Å². The molecule has 1 aromatic heterocycles. The first kappa shape index (κ1) is 21.8. The van der Waals surface area contributed by atoms with Gasteiger partial charge in [0, 0.05) is 17.5 Å². The number of benzene rings is 2. The quantitative estimate of drug-likeness (QED) is 0.544. The van der Waals surface area contributed by atoms with Gasteiger partial charge in [0.25, 0.3) is 5.91 Å². The van der Waals surface area contributed by atoms with Crippen molar-refractivity contribution < 1.29 is 19.1 Å². The lowest BCUT2D eigenvalue weighted by Gasteiger charge is -2.29. The van der Waals surface area contributed by atoms with Crippen LogP contribution in [0.15, 0.2) is 54.7 Å². The first-order chi connectivity index (χ1) is 16.5. The summed E-state index contributed by atoms with van der Waals surface area (Å²) in [6.07, 6.45) is 3.26.